The van der Waals surface area contributed by atoms with Gasteiger partial charge < -0.3 is 14.2 Å². The van der Waals surface area contributed by atoms with Crippen molar-refractivity contribution in [2.45, 2.75) is 290 Å². The van der Waals surface area contributed by atoms with Crippen molar-refractivity contribution >= 4 is 17.9 Å². The van der Waals surface area contributed by atoms with Gasteiger partial charge in [-0.25, -0.2) is 0 Å². The molecular weight excluding hydrogens is 817 g/mol. The summed E-state index contributed by atoms with van der Waals surface area (Å²) in [7, 11) is 0. The van der Waals surface area contributed by atoms with Crippen molar-refractivity contribution in [1.29, 1.82) is 0 Å². The van der Waals surface area contributed by atoms with E-state index in [1.54, 1.807) is 0 Å². The van der Waals surface area contributed by atoms with Gasteiger partial charge in [0.1, 0.15) is 13.2 Å². The highest BCUT2D eigenvalue weighted by Crippen LogP contribution is 2.14. The second-order valence-corrected chi connectivity index (χ2v) is 18.9. The minimum absolute atomic E-state index is 0.100. The van der Waals surface area contributed by atoms with E-state index in [1.165, 1.54) is 167 Å². The topological polar surface area (TPSA) is 78.9 Å². The van der Waals surface area contributed by atoms with Gasteiger partial charge in [-0.3, -0.25) is 14.4 Å². The molecule has 0 fully saturated rings. The zero-order valence-corrected chi connectivity index (χ0v) is 43.7. The number of rotatable bonds is 51. The summed E-state index contributed by atoms with van der Waals surface area (Å²) in [6, 6.07) is 0. The quantitative estimate of drug-likeness (QED) is 0.0199. The summed E-state index contributed by atoms with van der Waals surface area (Å²) in [5.74, 6) is -0.980. The second-order valence-electron chi connectivity index (χ2n) is 18.9. The first-order chi connectivity index (χ1) is 32.5. The lowest BCUT2D eigenvalue weighted by Gasteiger charge is -2.18. The number of carbonyl (C=O) groups excluding carboxylic acids is 3. The maximum atomic E-state index is 12.8. The van der Waals surface area contributed by atoms with Gasteiger partial charge in [0.05, 0.1) is 0 Å². The predicted molar refractivity (Wildman–Crippen MR) is 284 cm³/mol. The van der Waals surface area contributed by atoms with Crippen LogP contribution < -0.4 is 0 Å². The molecule has 0 aliphatic carbocycles. The molecule has 382 valence electrons. The molecule has 0 heterocycles. The van der Waals surface area contributed by atoms with Crippen LogP contribution in [0.3, 0.4) is 0 Å². The summed E-state index contributed by atoms with van der Waals surface area (Å²) in [4.78, 5) is 38.1. The van der Waals surface area contributed by atoms with E-state index in [9.17, 15) is 14.4 Å². The highest BCUT2D eigenvalue weighted by molar-refractivity contribution is 5.71. The van der Waals surface area contributed by atoms with Crippen molar-refractivity contribution in [2.75, 3.05) is 13.2 Å². The van der Waals surface area contributed by atoms with E-state index in [0.717, 1.165) is 70.6 Å². The van der Waals surface area contributed by atoms with Gasteiger partial charge >= 0.3 is 17.9 Å². The van der Waals surface area contributed by atoms with Crippen molar-refractivity contribution in [2.24, 2.45) is 0 Å². The molecule has 0 saturated carbocycles. The van der Waals surface area contributed by atoms with E-state index < -0.39 is 6.10 Å². The molecule has 6 nitrogen and oxygen atoms in total. The highest BCUT2D eigenvalue weighted by atomic mass is 16.6. The fourth-order valence-electron chi connectivity index (χ4n) is 7.95. The van der Waals surface area contributed by atoms with Crippen LogP contribution in [0.4, 0.5) is 0 Å². The molecule has 0 saturated heterocycles. The molecule has 0 amide bonds. The van der Waals surface area contributed by atoms with Gasteiger partial charge in [-0.1, -0.05) is 236 Å². The van der Waals surface area contributed by atoms with Gasteiger partial charge in [-0.2, -0.15) is 0 Å². The Bertz CT molecular complexity index is 1200. The predicted octanol–water partition coefficient (Wildman–Crippen LogP) is 18.8. The Hall–Kier alpha value is -2.89. The average Bonchev–Trinajstić information content (AvgIpc) is 3.31. The van der Waals surface area contributed by atoms with Gasteiger partial charge in [-0.05, 0) is 89.9 Å². The third-order valence-electron chi connectivity index (χ3n) is 12.3. The third kappa shape index (κ3) is 52.1. The summed E-state index contributed by atoms with van der Waals surface area (Å²) in [5.41, 5.74) is 0. The summed E-state index contributed by atoms with van der Waals surface area (Å²) >= 11 is 0. The molecule has 0 aromatic carbocycles. The maximum Gasteiger partial charge on any atom is 0.306 e. The molecule has 66 heavy (non-hydrogen) atoms. The van der Waals surface area contributed by atoms with Crippen molar-refractivity contribution < 1.29 is 28.6 Å². The zero-order chi connectivity index (χ0) is 47.9. The van der Waals surface area contributed by atoms with E-state index in [-0.39, 0.29) is 37.5 Å². The number of esters is 3. The van der Waals surface area contributed by atoms with Gasteiger partial charge in [0.15, 0.2) is 6.10 Å². The molecule has 0 aromatic heterocycles. The highest BCUT2D eigenvalue weighted by Gasteiger charge is 2.19. The monoisotopic (exact) mass is 923 g/mol. The summed E-state index contributed by atoms with van der Waals surface area (Å²) < 4.78 is 16.8. The standard InChI is InChI=1S/C60H106O6/c1-4-7-10-13-16-19-22-25-27-29-31-32-35-38-41-44-47-50-53-59(62)65-56-57(55-64-58(61)52-49-46-43-40-37-34-24-21-18-15-12-9-6-3)66-60(63)54-51-48-45-42-39-36-33-30-28-26-23-20-17-14-11-8-5-2/h26-29,31-32,34,37,43,46,57H,4-25,30,33,35-36,38-42,44-45,47-56H2,1-3H3/b28-26+,29-27+,32-31+,37-34+,46-43+. The molecule has 0 aliphatic rings. The second kappa shape index (κ2) is 54.7. The van der Waals surface area contributed by atoms with Crippen LogP contribution in [0.1, 0.15) is 284 Å². The van der Waals surface area contributed by atoms with Crippen LogP contribution >= 0.6 is 0 Å². The first-order valence-electron chi connectivity index (χ1n) is 28.3. The maximum absolute atomic E-state index is 12.8. The fraction of sp³-hybridized carbons (Fsp3) is 0.783. The van der Waals surface area contributed by atoms with Crippen LogP contribution in [-0.2, 0) is 28.6 Å². The van der Waals surface area contributed by atoms with Crippen molar-refractivity contribution in [3.05, 3.63) is 60.8 Å². The minimum Gasteiger partial charge on any atom is -0.462 e. The molecule has 0 spiro atoms. The fourth-order valence-corrected chi connectivity index (χ4v) is 7.95. The third-order valence-corrected chi connectivity index (χ3v) is 12.3. The average molecular weight is 924 g/mol. The summed E-state index contributed by atoms with van der Waals surface area (Å²) in [5, 5.41) is 0. The van der Waals surface area contributed by atoms with Crippen LogP contribution in [0.25, 0.3) is 0 Å². The number of hydrogen-bond donors (Lipinski definition) is 0. The Morgan fingerprint density at radius 1 is 0.318 bits per heavy atom. The molecule has 1 atom stereocenters. The lowest BCUT2D eigenvalue weighted by atomic mass is 10.1. The number of allylic oxidation sites excluding steroid dienone is 10. The van der Waals surface area contributed by atoms with Gasteiger partial charge in [0.25, 0.3) is 0 Å². The Balaban J connectivity index is 4.44. The number of carbonyl (C=O) groups is 3. The first-order valence-corrected chi connectivity index (χ1v) is 28.3. The molecule has 1 unspecified atom stereocenters. The van der Waals surface area contributed by atoms with E-state index in [2.05, 4.69) is 75.5 Å². The van der Waals surface area contributed by atoms with Crippen LogP contribution in [0.5, 0.6) is 0 Å². The Labute approximate surface area is 409 Å². The summed E-state index contributed by atoms with van der Waals surface area (Å²) in [6.45, 7) is 6.57. The molecule has 6 heteroatoms. The van der Waals surface area contributed by atoms with Crippen LogP contribution in [0.15, 0.2) is 60.8 Å². The van der Waals surface area contributed by atoms with Crippen LogP contribution in [-0.4, -0.2) is 37.2 Å². The normalized spacial score (nSPS) is 12.5. The Morgan fingerprint density at radius 3 is 1.03 bits per heavy atom. The lowest BCUT2D eigenvalue weighted by molar-refractivity contribution is -0.166. The Kier molecular flexibility index (Phi) is 52.3. The van der Waals surface area contributed by atoms with E-state index >= 15 is 0 Å². The van der Waals surface area contributed by atoms with E-state index in [4.69, 9.17) is 14.2 Å². The molecule has 0 radical (unpaired) electrons. The van der Waals surface area contributed by atoms with Gasteiger partial charge in [0.2, 0.25) is 0 Å². The summed E-state index contributed by atoms with van der Waals surface area (Å²) in [6.07, 6.45) is 67.9. The van der Waals surface area contributed by atoms with Crippen molar-refractivity contribution in [3.8, 4) is 0 Å². The minimum atomic E-state index is -0.805. The van der Waals surface area contributed by atoms with Crippen LogP contribution in [0.2, 0.25) is 0 Å². The molecule has 0 rings (SSSR count). The SMILES string of the molecule is CCCCCCCC/C=C/C/C=C/CCC(=O)OCC(COC(=O)CCCCCCC/C=C/C=C/CCCCCCCCC)OC(=O)CCCCCCCCC/C=C/CCCCCCCC. The van der Waals surface area contributed by atoms with E-state index in [1.807, 2.05) is 6.08 Å². The van der Waals surface area contributed by atoms with Crippen molar-refractivity contribution in [3.63, 3.8) is 0 Å². The van der Waals surface area contributed by atoms with E-state index in [0.29, 0.717) is 19.3 Å². The van der Waals surface area contributed by atoms with Crippen LogP contribution in [0, 0.1) is 0 Å². The number of hydrogen-bond acceptors (Lipinski definition) is 6. The number of ether oxygens (including phenoxy) is 3. The first kappa shape index (κ1) is 63.1. The molecule has 0 aromatic rings. The molecule has 0 N–H and O–H groups in total. The van der Waals surface area contributed by atoms with Gasteiger partial charge in [0, 0.05) is 19.3 Å². The Morgan fingerprint density at radius 2 is 0.621 bits per heavy atom. The molecular formula is C60H106O6. The lowest BCUT2D eigenvalue weighted by Crippen LogP contribution is -2.30. The largest absolute Gasteiger partial charge is 0.462 e. The molecule has 0 bridgehead atoms. The molecule has 0 aliphatic heterocycles. The number of unbranched alkanes of at least 4 members (excludes halogenated alkanes) is 31. The van der Waals surface area contributed by atoms with Crippen molar-refractivity contribution in [1.82, 2.24) is 0 Å². The smallest absolute Gasteiger partial charge is 0.306 e. The van der Waals surface area contributed by atoms with Gasteiger partial charge in [-0.15, -0.1) is 0 Å². The zero-order valence-electron chi connectivity index (χ0n) is 43.7.